The minimum absolute atomic E-state index is 0.667. The molecule has 0 aliphatic heterocycles. The zero-order valence-electron chi connectivity index (χ0n) is 10.4. The van der Waals surface area contributed by atoms with Gasteiger partial charge in [0.05, 0.1) is 6.61 Å². The number of ether oxygens (including phenoxy) is 2. The molecular weight excluding hydrogens is 214 g/mol. The van der Waals surface area contributed by atoms with Crippen LogP contribution in [-0.2, 0) is 0 Å². The Morgan fingerprint density at radius 2 is 1.88 bits per heavy atom. The third-order valence-corrected chi connectivity index (χ3v) is 2.82. The zero-order chi connectivity index (χ0) is 11.9. The average molecular weight is 235 g/mol. The van der Waals surface area contributed by atoms with E-state index >= 15 is 0 Å². The summed E-state index contributed by atoms with van der Waals surface area (Å²) in [4.78, 5) is 0. The Kier molecular flexibility index (Phi) is 4.68. The van der Waals surface area contributed by atoms with Gasteiger partial charge in [0.25, 0.3) is 0 Å². The van der Waals surface area contributed by atoms with E-state index in [0.717, 1.165) is 30.5 Å². The highest BCUT2D eigenvalue weighted by Crippen LogP contribution is 2.27. The van der Waals surface area contributed by atoms with E-state index in [1.54, 1.807) is 0 Å². The van der Waals surface area contributed by atoms with E-state index in [1.807, 2.05) is 31.2 Å². The van der Waals surface area contributed by atoms with Crippen LogP contribution in [0, 0.1) is 5.92 Å². The third kappa shape index (κ3) is 4.27. The second kappa shape index (κ2) is 6.50. The number of hydrogen-bond acceptors (Lipinski definition) is 3. The van der Waals surface area contributed by atoms with Gasteiger partial charge in [-0.25, -0.2) is 0 Å². The first-order valence-electron chi connectivity index (χ1n) is 6.45. The van der Waals surface area contributed by atoms with Crippen molar-refractivity contribution in [3.05, 3.63) is 24.3 Å². The van der Waals surface area contributed by atoms with Crippen LogP contribution in [0.4, 0.5) is 0 Å². The Labute approximate surface area is 103 Å². The Bertz CT molecular complexity index is 337. The predicted octanol–water partition coefficient (Wildman–Crippen LogP) is 2.46. The van der Waals surface area contributed by atoms with E-state index in [1.165, 1.54) is 12.8 Å². The monoisotopic (exact) mass is 235 g/mol. The second-order valence-electron chi connectivity index (χ2n) is 4.38. The summed E-state index contributed by atoms with van der Waals surface area (Å²) in [7, 11) is 0. The maximum atomic E-state index is 5.70. The SMILES string of the molecule is CCOc1ccccc1OCCNCC1CC1. The minimum Gasteiger partial charge on any atom is -0.490 e. The van der Waals surface area contributed by atoms with Gasteiger partial charge < -0.3 is 14.8 Å². The van der Waals surface area contributed by atoms with Crippen LogP contribution in [0.25, 0.3) is 0 Å². The first-order chi connectivity index (χ1) is 8.40. The largest absolute Gasteiger partial charge is 0.490 e. The van der Waals surface area contributed by atoms with Gasteiger partial charge >= 0.3 is 0 Å². The van der Waals surface area contributed by atoms with Gasteiger partial charge in [-0.2, -0.15) is 0 Å². The molecular formula is C14H21NO2. The summed E-state index contributed by atoms with van der Waals surface area (Å²) in [5, 5.41) is 3.40. The van der Waals surface area contributed by atoms with E-state index in [0.29, 0.717) is 13.2 Å². The van der Waals surface area contributed by atoms with Gasteiger partial charge in [0, 0.05) is 6.54 Å². The smallest absolute Gasteiger partial charge is 0.161 e. The van der Waals surface area contributed by atoms with Crippen molar-refractivity contribution >= 4 is 0 Å². The Balaban J connectivity index is 1.69. The average Bonchev–Trinajstić information content (AvgIpc) is 3.15. The molecule has 1 fully saturated rings. The van der Waals surface area contributed by atoms with Crippen molar-refractivity contribution < 1.29 is 9.47 Å². The van der Waals surface area contributed by atoms with Gasteiger partial charge in [0.1, 0.15) is 6.61 Å². The van der Waals surface area contributed by atoms with Gasteiger partial charge in [-0.3, -0.25) is 0 Å². The Hall–Kier alpha value is -1.22. The normalized spacial score (nSPS) is 14.6. The molecule has 0 amide bonds. The van der Waals surface area contributed by atoms with Gasteiger partial charge in [-0.15, -0.1) is 0 Å². The fraction of sp³-hybridized carbons (Fsp3) is 0.571. The molecule has 0 unspecified atom stereocenters. The zero-order valence-corrected chi connectivity index (χ0v) is 10.4. The van der Waals surface area contributed by atoms with Crippen molar-refractivity contribution in [2.45, 2.75) is 19.8 Å². The molecule has 0 heterocycles. The highest BCUT2D eigenvalue weighted by molar-refractivity contribution is 5.39. The molecule has 17 heavy (non-hydrogen) atoms. The van der Waals surface area contributed by atoms with Crippen LogP contribution in [0.1, 0.15) is 19.8 Å². The highest BCUT2D eigenvalue weighted by Gasteiger charge is 2.19. The van der Waals surface area contributed by atoms with Crippen molar-refractivity contribution in [2.75, 3.05) is 26.3 Å². The third-order valence-electron chi connectivity index (χ3n) is 2.82. The Morgan fingerprint density at radius 1 is 1.18 bits per heavy atom. The highest BCUT2D eigenvalue weighted by atomic mass is 16.5. The van der Waals surface area contributed by atoms with Crippen molar-refractivity contribution in [1.29, 1.82) is 0 Å². The predicted molar refractivity (Wildman–Crippen MR) is 68.7 cm³/mol. The van der Waals surface area contributed by atoms with E-state index in [9.17, 15) is 0 Å². The lowest BCUT2D eigenvalue weighted by atomic mass is 10.3. The summed E-state index contributed by atoms with van der Waals surface area (Å²) in [6, 6.07) is 7.82. The van der Waals surface area contributed by atoms with E-state index < -0.39 is 0 Å². The first kappa shape index (κ1) is 12.2. The van der Waals surface area contributed by atoms with E-state index in [4.69, 9.17) is 9.47 Å². The van der Waals surface area contributed by atoms with Crippen LogP contribution in [0.2, 0.25) is 0 Å². The fourth-order valence-corrected chi connectivity index (χ4v) is 1.71. The number of hydrogen-bond donors (Lipinski definition) is 1. The van der Waals surface area contributed by atoms with Crippen LogP contribution in [0.3, 0.4) is 0 Å². The molecule has 1 aliphatic rings. The number of para-hydroxylation sites is 2. The van der Waals surface area contributed by atoms with Gasteiger partial charge in [-0.05, 0) is 44.4 Å². The lowest BCUT2D eigenvalue weighted by molar-refractivity contribution is 0.275. The van der Waals surface area contributed by atoms with Gasteiger partial charge in [0.15, 0.2) is 11.5 Å². The van der Waals surface area contributed by atoms with E-state index in [-0.39, 0.29) is 0 Å². The molecule has 0 aromatic heterocycles. The molecule has 1 aromatic carbocycles. The molecule has 94 valence electrons. The molecule has 0 radical (unpaired) electrons. The molecule has 1 aromatic rings. The van der Waals surface area contributed by atoms with Crippen molar-refractivity contribution in [3.63, 3.8) is 0 Å². The lowest BCUT2D eigenvalue weighted by Gasteiger charge is -2.11. The van der Waals surface area contributed by atoms with Crippen molar-refractivity contribution in [3.8, 4) is 11.5 Å². The van der Waals surface area contributed by atoms with Crippen LogP contribution in [0.15, 0.2) is 24.3 Å². The molecule has 1 saturated carbocycles. The summed E-state index contributed by atoms with van der Waals surface area (Å²) in [5.74, 6) is 2.59. The molecule has 0 atom stereocenters. The Morgan fingerprint density at radius 3 is 2.53 bits per heavy atom. The molecule has 2 rings (SSSR count). The lowest BCUT2D eigenvalue weighted by Crippen LogP contribution is -2.23. The van der Waals surface area contributed by atoms with Crippen LogP contribution >= 0.6 is 0 Å². The number of rotatable bonds is 8. The first-order valence-corrected chi connectivity index (χ1v) is 6.45. The quantitative estimate of drug-likeness (QED) is 0.702. The van der Waals surface area contributed by atoms with Crippen LogP contribution in [-0.4, -0.2) is 26.3 Å². The topological polar surface area (TPSA) is 30.5 Å². The fourth-order valence-electron chi connectivity index (χ4n) is 1.71. The number of benzene rings is 1. The summed E-state index contributed by atoms with van der Waals surface area (Å²) < 4.78 is 11.2. The molecule has 3 heteroatoms. The van der Waals surface area contributed by atoms with E-state index in [2.05, 4.69) is 5.32 Å². The maximum absolute atomic E-state index is 5.70. The molecule has 1 aliphatic carbocycles. The van der Waals surface area contributed by atoms with Crippen LogP contribution < -0.4 is 14.8 Å². The summed E-state index contributed by atoms with van der Waals surface area (Å²) in [5.41, 5.74) is 0. The van der Waals surface area contributed by atoms with Crippen molar-refractivity contribution in [1.82, 2.24) is 5.32 Å². The summed E-state index contributed by atoms with van der Waals surface area (Å²) in [6.45, 7) is 5.37. The van der Waals surface area contributed by atoms with Gasteiger partial charge in [-0.1, -0.05) is 12.1 Å². The summed E-state index contributed by atoms with van der Waals surface area (Å²) in [6.07, 6.45) is 2.78. The molecule has 0 saturated heterocycles. The maximum Gasteiger partial charge on any atom is 0.161 e. The molecule has 1 N–H and O–H groups in total. The molecule has 3 nitrogen and oxygen atoms in total. The standard InChI is InChI=1S/C14H21NO2/c1-2-16-13-5-3-4-6-14(13)17-10-9-15-11-12-7-8-12/h3-6,12,15H,2,7-11H2,1H3. The second-order valence-corrected chi connectivity index (χ2v) is 4.38. The minimum atomic E-state index is 0.667. The van der Waals surface area contributed by atoms with Crippen LogP contribution in [0.5, 0.6) is 11.5 Å². The molecule has 0 spiro atoms. The van der Waals surface area contributed by atoms with Gasteiger partial charge in [0.2, 0.25) is 0 Å². The van der Waals surface area contributed by atoms with Crippen molar-refractivity contribution in [2.24, 2.45) is 5.92 Å². The summed E-state index contributed by atoms with van der Waals surface area (Å²) >= 11 is 0. The molecule has 0 bridgehead atoms. The number of nitrogens with one attached hydrogen (secondary N) is 1.